The van der Waals surface area contributed by atoms with Crippen molar-refractivity contribution in [3.8, 4) is 5.75 Å². The maximum atomic E-state index is 12.8. The summed E-state index contributed by atoms with van der Waals surface area (Å²) < 4.78 is 35.7. The van der Waals surface area contributed by atoms with Gasteiger partial charge in [0.1, 0.15) is 12.4 Å². The molecule has 0 aliphatic heterocycles. The van der Waals surface area contributed by atoms with Crippen LogP contribution in [0.1, 0.15) is 27.2 Å². The number of carbonyl (C=O) groups excluding carboxylic acids is 1. The number of carbonyl (C=O) groups is 1. The lowest BCUT2D eigenvalue weighted by atomic mass is 10.1. The number of benzene rings is 4. The minimum absolute atomic E-state index is 0.0855. The van der Waals surface area contributed by atoms with Crippen molar-refractivity contribution in [2.24, 2.45) is 0 Å². The standard InChI is InChI=1S/C33H27N3O4S/c1-23-6-2-5-9-32(23)41(38,39)35-33(37)27-13-17-31-26(20-27)18-19-36(31)21-24-10-15-29(16-11-24)40-22-28-14-12-25-7-3-4-8-30(25)34-28/h2-20H,21-22H2,1H3,(H,35,37). The van der Waals surface area contributed by atoms with Crippen LogP contribution in [0, 0.1) is 6.92 Å². The third-order valence-corrected chi connectivity index (χ3v) is 8.45. The first kappa shape index (κ1) is 26.3. The predicted octanol–water partition coefficient (Wildman–Crippen LogP) is 6.24. The zero-order valence-corrected chi connectivity index (χ0v) is 23.1. The van der Waals surface area contributed by atoms with Gasteiger partial charge in [-0.3, -0.25) is 4.79 Å². The fourth-order valence-electron chi connectivity index (χ4n) is 4.81. The average Bonchev–Trinajstić information content (AvgIpc) is 3.38. The number of pyridine rings is 1. The van der Waals surface area contributed by atoms with Crippen LogP contribution < -0.4 is 9.46 Å². The first-order valence-corrected chi connectivity index (χ1v) is 14.6. The van der Waals surface area contributed by atoms with E-state index in [1.165, 1.54) is 6.07 Å². The number of aromatic nitrogens is 2. The Hall–Kier alpha value is -4.95. The number of para-hydroxylation sites is 1. The van der Waals surface area contributed by atoms with Gasteiger partial charge in [-0.1, -0.05) is 54.6 Å². The lowest BCUT2D eigenvalue weighted by Gasteiger charge is -2.10. The van der Waals surface area contributed by atoms with Gasteiger partial charge in [-0.15, -0.1) is 0 Å². The largest absolute Gasteiger partial charge is 0.487 e. The predicted molar refractivity (Wildman–Crippen MR) is 159 cm³/mol. The summed E-state index contributed by atoms with van der Waals surface area (Å²) in [4.78, 5) is 17.5. The van der Waals surface area contributed by atoms with Gasteiger partial charge in [0.2, 0.25) is 0 Å². The molecule has 1 N–H and O–H groups in total. The van der Waals surface area contributed by atoms with Crippen molar-refractivity contribution in [3.05, 3.63) is 138 Å². The minimum Gasteiger partial charge on any atom is -0.487 e. The first-order chi connectivity index (χ1) is 19.9. The van der Waals surface area contributed by atoms with Crippen LogP contribution in [0.2, 0.25) is 0 Å². The zero-order valence-electron chi connectivity index (χ0n) is 22.3. The molecule has 2 heterocycles. The lowest BCUT2D eigenvalue weighted by molar-refractivity contribution is 0.0981. The number of hydrogen-bond acceptors (Lipinski definition) is 5. The highest BCUT2D eigenvalue weighted by molar-refractivity contribution is 7.90. The number of amides is 1. The van der Waals surface area contributed by atoms with Crippen LogP contribution >= 0.6 is 0 Å². The van der Waals surface area contributed by atoms with E-state index >= 15 is 0 Å². The second kappa shape index (κ2) is 10.9. The van der Waals surface area contributed by atoms with E-state index in [1.807, 2.05) is 79.0 Å². The molecule has 204 valence electrons. The highest BCUT2D eigenvalue weighted by Gasteiger charge is 2.20. The highest BCUT2D eigenvalue weighted by Crippen LogP contribution is 2.22. The van der Waals surface area contributed by atoms with Crippen LogP contribution in [-0.4, -0.2) is 23.9 Å². The molecule has 7 nitrogen and oxygen atoms in total. The molecule has 0 atom stereocenters. The quantitative estimate of drug-likeness (QED) is 0.237. The summed E-state index contributed by atoms with van der Waals surface area (Å²) in [5.41, 5.74) is 4.68. The molecule has 8 heteroatoms. The van der Waals surface area contributed by atoms with E-state index in [0.717, 1.165) is 38.8 Å². The van der Waals surface area contributed by atoms with Crippen LogP contribution in [0.15, 0.2) is 120 Å². The third kappa shape index (κ3) is 5.69. The van der Waals surface area contributed by atoms with E-state index in [2.05, 4.69) is 14.3 Å². The second-order valence-electron chi connectivity index (χ2n) is 9.85. The van der Waals surface area contributed by atoms with Gasteiger partial charge in [-0.2, -0.15) is 0 Å². The molecule has 0 saturated carbocycles. The van der Waals surface area contributed by atoms with Gasteiger partial charge in [0.15, 0.2) is 0 Å². The lowest BCUT2D eigenvalue weighted by Crippen LogP contribution is -2.31. The average molecular weight is 562 g/mol. The highest BCUT2D eigenvalue weighted by atomic mass is 32.2. The Morgan fingerprint density at radius 3 is 2.46 bits per heavy atom. The molecule has 6 aromatic rings. The molecule has 0 radical (unpaired) electrons. The topological polar surface area (TPSA) is 90.3 Å². The number of sulfonamides is 1. The van der Waals surface area contributed by atoms with Crippen molar-refractivity contribution in [1.82, 2.24) is 14.3 Å². The van der Waals surface area contributed by atoms with E-state index in [9.17, 15) is 13.2 Å². The summed E-state index contributed by atoms with van der Waals surface area (Å²) in [6.45, 7) is 2.70. The molecule has 0 bridgehead atoms. The maximum Gasteiger partial charge on any atom is 0.265 e. The molecule has 1 amide bonds. The molecule has 4 aromatic carbocycles. The van der Waals surface area contributed by atoms with E-state index < -0.39 is 15.9 Å². The molecular formula is C33H27N3O4S. The van der Waals surface area contributed by atoms with Crippen LogP contribution in [0.4, 0.5) is 0 Å². The number of nitrogens with zero attached hydrogens (tertiary/aromatic N) is 2. The van der Waals surface area contributed by atoms with Crippen LogP contribution in [-0.2, 0) is 23.2 Å². The van der Waals surface area contributed by atoms with E-state index in [-0.39, 0.29) is 10.5 Å². The van der Waals surface area contributed by atoms with Gasteiger partial charge in [-0.25, -0.2) is 18.1 Å². The van der Waals surface area contributed by atoms with Gasteiger partial charge >= 0.3 is 0 Å². The van der Waals surface area contributed by atoms with Crippen LogP contribution in [0.3, 0.4) is 0 Å². The number of aryl methyl sites for hydroxylation is 1. The van der Waals surface area contributed by atoms with Gasteiger partial charge in [-0.05, 0) is 72.6 Å². The maximum absolute atomic E-state index is 12.8. The molecule has 0 aliphatic carbocycles. The van der Waals surface area contributed by atoms with Crippen molar-refractivity contribution in [2.45, 2.75) is 25.0 Å². The zero-order chi connectivity index (χ0) is 28.4. The molecule has 0 saturated heterocycles. The Morgan fingerprint density at radius 2 is 1.63 bits per heavy atom. The van der Waals surface area contributed by atoms with Crippen molar-refractivity contribution < 1.29 is 17.9 Å². The van der Waals surface area contributed by atoms with E-state index in [1.54, 1.807) is 37.3 Å². The molecule has 0 spiro atoms. The summed E-state index contributed by atoms with van der Waals surface area (Å²) in [5, 5.41) is 1.94. The van der Waals surface area contributed by atoms with E-state index in [4.69, 9.17) is 4.74 Å². The first-order valence-electron chi connectivity index (χ1n) is 13.1. The Bertz CT molecular complexity index is 2000. The summed E-state index contributed by atoms with van der Waals surface area (Å²) in [7, 11) is -3.98. The van der Waals surface area contributed by atoms with E-state index in [0.29, 0.717) is 18.7 Å². The van der Waals surface area contributed by atoms with Crippen LogP contribution in [0.25, 0.3) is 21.8 Å². The third-order valence-electron chi connectivity index (χ3n) is 6.96. The van der Waals surface area contributed by atoms with Gasteiger partial charge in [0.05, 0.1) is 16.1 Å². The van der Waals surface area contributed by atoms with Crippen molar-refractivity contribution >= 4 is 37.7 Å². The Labute approximate surface area is 238 Å². The molecule has 0 fully saturated rings. The fraction of sp³-hybridized carbons (Fsp3) is 0.0909. The summed E-state index contributed by atoms with van der Waals surface area (Å²) in [5.74, 6) is 0.0924. The summed E-state index contributed by atoms with van der Waals surface area (Å²) in [6, 6.07) is 33.6. The Balaban J connectivity index is 1.11. The number of nitrogens with one attached hydrogen (secondary N) is 1. The molecular weight excluding hydrogens is 534 g/mol. The SMILES string of the molecule is Cc1ccccc1S(=O)(=O)NC(=O)c1ccc2c(ccn2Cc2ccc(OCc3ccc4ccccc4n3)cc2)c1. The normalized spacial score (nSPS) is 11.5. The molecule has 6 rings (SSSR count). The Morgan fingerprint density at radius 1 is 0.854 bits per heavy atom. The van der Waals surface area contributed by atoms with Gasteiger partial charge < -0.3 is 9.30 Å². The number of rotatable bonds is 8. The van der Waals surface area contributed by atoms with Crippen molar-refractivity contribution in [1.29, 1.82) is 0 Å². The summed E-state index contributed by atoms with van der Waals surface area (Å²) in [6.07, 6.45) is 1.95. The van der Waals surface area contributed by atoms with Crippen molar-refractivity contribution in [2.75, 3.05) is 0 Å². The molecule has 41 heavy (non-hydrogen) atoms. The van der Waals surface area contributed by atoms with Crippen LogP contribution in [0.5, 0.6) is 5.75 Å². The minimum atomic E-state index is -3.98. The van der Waals surface area contributed by atoms with Crippen molar-refractivity contribution in [3.63, 3.8) is 0 Å². The number of fused-ring (bicyclic) bond motifs is 2. The molecule has 0 aliphatic rings. The second-order valence-corrected chi connectivity index (χ2v) is 11.5. The fourth-order valence-corrected chi connectivity index (χ4v) is 6.03. The Kier molecular flexibility index (Phi) is 6.99. The van der Waals surface area contributed by atoms with Gasteiger partial charge in [0.25, 0.3) is 15.9 Å². The number of ether oxygens (including phenoxy) is 1. The summed E-state index contributed by atoms with van der Waals surface area (Å²) >= 11 is 0. The molecule has 2 aromatic heterocycles. The molecule has 0 unspecified atom stereocenters. The smallest absolute Gasteiger partial charge is 0.265 e. The van der Waals surface area contributed by atoms with Gasteiger partial charge in [0, 0.05) is 34.6 Å². The number of hydrogen-bond donors (Lipinski definition) is 1. The monoisotopic (exact) mass is 561 g/mol.